The molecule has 25 nitrogen and oxygen atoms in total. The third kappa shape index (κ3) is 25.2. The number of aliphatic hydroxyl groups is 1. The number of amides is 10. The van der Waals surface area contributed by atoms with Crippen molar-refractivity contribution in [3.63, 3.8) is 0 Å². The summed E-state index contributed by atoms with van der Waals surface area (Å²) in [5, 5.41) is 51.4. The van der Waals surface area contributed by atoms with E-state index < -0.39 is 164 Å². The van der Waals surface area contributed by atoms with Crippen molar-refractivity contribution in [2.75, 3.05) is 25.2 Å². The highest BCUT2D eigenvalue weighted by Crippen LogP contribution is 2.13. The van der Waals surface area contributed by atoms with Gasteiger partial charge >= 0.3 is 11.9 Å². The van der Waals surface area contributed by atoms with Crippen molar-refractivity contribution in [2.24, 2.45) is 17.6 Å². The molecule has 8 atom stereocenters. The Kier molecular flexibility index (Phi) is 29.0. The van der Waals surface area contributed by atoms with Gasteiger partial charge in [0.1, 0.15) is 48.3 Å². The minimum absolute atomic E-state index is 0.00724. The fraction of sp³-hybridized carbons (Fsp3) is 0.529. The van der Waals surface area contributed by atoms with Crippen LogP contribution in [0.4, 0.5) is 0 Å². The van der Waals surface area contributed by atoms with Gasteiger partial charge in [-0.2, -0.15) is 11.8 Å². The summed E-state index contributed by atoms with van der Waals surface area (Å²) in [6.07, 6.45) is -0.754. The minimum atomic E-state index is -1.75. The lowest BCUT2D eigenvalue weighted by molar-refractivity contribution is -0.140. The van der Waals surface area contributed by atoms with E-state index in [9.17, 15) is 72.9 Å². The predicted molar refractivity (Wildman–Crippen MR) is 282 cm³/mol. The fourth-order valence-corrected chi connectivity index (χ4v) is 8.02. The van der Waals surface area contributed by atoms with Gasteiger partial charge in [-0.1, -0.05) is 88.4 Å². The van der Waals surface area contributed by atoms with E-state index >= 15 is 0 Å². The van der Waals surface area contributed by atoms with Crippen molar-refractivity contribution in [3.8, 4) is 0 Å². The summed E-state index contributed by atoms with van der Waals surface area (Å²) in [6, 6.07) is 5.30. The van der Waals surface area contributed by atoms with E-state index in [1.165, 1.54) is 18.7 Å². The molecule has 2 aromatic carbocycles. The van der Waals surface area contributed by atoms with Gasteiger partial charge in [-0.15, -0.1) is 0 Å². The molecule has 0 aliphatic carbocycles. The number of carboxylic acid groups (broad SMARTS) is 2. The smallest absolute Gasteiger partial charge is 0.303 e. The Bertz CT molecular complexity index is 2340. The molecular weight excluding hydrogens is 1020 g/mol. The van der Waals surface area contributed by atoms with Gasteiger partial charge in [0.05, 0.1) is 13.2 Å². The molecule has 0 bridgehead atoms. The molecule has 0 saturated carbocycles. The van der Waals surface area contributed by atoms with Crippen LogP contribution in [-0.2, 0) is 70.4 Å². The normalized spacial score (nSPS) is 14.1. The molecule has 2 rings (SSSR count). The number of carbonyl (C=O) groups excluding carboxylic acids is 10. The summed E-state index contributed by atoms with van der Waals surface area (Å²) in [7, 11) is 0. The van der Waals surface area contributed by atoms with Crippen molar-refractivity contribution in [3.05, 3.63) is 71.8 Å². The monoisotopic (exact) mass is 1100 g/mol. The number of benzene rings is 2. The first-order chi connectivity index (χ1) is 36.3. The molecule has 0 aliphatic rings. The molecule has 0 unspecified atom stereocenters. The molecule has 14 N–H and O–H groups in total. The van der Waals surface area contributed by atoms with Crippen LogP contribution in [0.1, 0.15) is 84.3 Å². The lowest BCUT2D eigenvalue weighted by Crippen LogP contribution is -2.61. The van der Waals surface area contributed by atoms with E-state index in [0.29, 0.717) is 16.9 Å². The Morgan fingerprint density at radius 1 is 0.506 bits per heavy atom. The molecule has 10 amide bonds. The van der Waals surface area contributed by atoms with Gasteiger partial charge < -0.3 is 68.9 Å². The lowest BCUT2D eigenvalue weighted by Gasteiger charge is -2.29. The van der Waals surface area contributed by atoms with Gasteiger partial charge in [0.2, 0.25) is 59.1 Å². The number of primary amides is 1. The topological polar surface area (TPSA) is 400 Å². The first-order valence-corrected chi connectivity index (χ1v) is 26.3. The van der Waals surface area contributed by atoms with E-state index in [0.717, 1.165) is 0 Å². The Hall–Kier alpha value is -7.61. The van der Waals surface area contributed by atoms with Gasteiger partial charge in [0.15, 0.2) is 0 Å². The molecule has 0 radical (unpaired) electrons. The second-order valence-corrected chi connectivity index (χ2v) is 19.9. The summed E-state index contributed by atoms with van der Waals surface area (Å²) >= 11 is 1.45. The first kappa shape index (κ1) is 65.5. The number of rotatable bonds is 35. The van der Waals surface area contributed by atoms with Crippen LogP contribution >= 0.6 is 11.8 Å². The molecule has 0 heterocycles. The van der Waals surface area contributed by atoms with E-state index in [2.05, 4.69) is 47.9 Å². The van der Waals surface area contributed by atoms with E-state index in [1.54, 1.807) is 88.4 Å². The second kappa shape index (κ2) is 34.1. The zero-order valence-electron chi connectivity index (χ0n) is 44.1. The minimum Gasteiger partial charge on any atom is -0.481 e. The van der Waals surface area contributed by atoms with Crippen LogP contribution in [0.3, 0.4) is 0 Å². The van der Waals surface area contributed by atoms with Crippen molar-refractivity contribution < 1.29 is 72.9 Å². The second-order valence-electron chi connectivity index (χ2n) is 18.9. The standard InChI is InChI=1S/C51H74N10O15S/c1-28(2)23-36(59-51(76)43(29(3)4)61-50(75)38(25-32-15-11-8-12-16-32)58-47(72)35(21-22-77-6)54-30(5)63)48(73)56-33(17-19-41(65)66)45(70)55-34(18-20-42(67)68)46(71)57-37(24-31-13-9-7-10-14-31)49(74)60-39(27-62)44(69)53-26-40(52)64/h7-16,28-29,33-39,43,62H,17-27H2,1-6H3,(H2,52,64)(H,53,69)(H,54,63)(H,55,70)(H,56,73)(H,57,71)(H,58,72)(H,59,76)(H,60,74)(H,61,75)(H,65,66)(H,67,68)/t33-,34-,35-,36-,37-,38-,39-,43-/m0/s1. The fourth-order valence-electron chi connectivity index (χ4n) is 7.55. The number of aliphatic carboxylic acids is 2. The van der Waals surface area contributed by atoms with E-state index in [-0.39, 0.29) is 31.6 Å². The first-order valence-electron chi connectivity index (χ1n) is 24.9. The zero-order chi connectivity index (χ0) is 57.8. The zero-order valence-corrected chi connectivity index (χ0v) is 44.9. The molecule has 0 aliphatic heterocycles. The number of thioether (sulfide) groups is 1. The maximum atomic E-state index is 14.2. The molecule has 2 aromatic rings. The number of hydrogen-bond acceptors (Lipinski definition) is 14. The summed E-state index contributed by atoms with van der Waals surface area (Å²) in [4.78, 5) is 157. The number of hydrogen-bond donors (Lipinski definition) is 13. The van der Waals surface area contributed by atoms with Crippen molar-refractivity contribution in [1.29, 1.82) is 0 Å². The Morgan fingerprint density at radius 2 is 0.896 bits per heavy atom. The summed E-state index contributed by atoms with van der Waals surface area (Å²) < 4.78 is 0. The largest absolute Gasteiger partial charge is 0.481 e. The van der Waals surface area contributed by atoms with Crippen LogP contribution in [0.15, 0.2) is 60.7 Å². The Morgan fingerprint density at radius 3 is 1.29 bits per heavy atom. The molecule has 0 fully saturated rings. The molecule has 26 heteroatoms. The molecule has 77 heavy (non-hydrogen) atoms. The quantitative estimate of drug-likeness (QED) is 0.0360. The predicted octanol–water partition coefficient (Wildman–Crippen LogP) is -1.85. The van der Waals surface area contributed by atoms with Crippen LogP contribution in [0.5, 0.6) is 0 Å². The van der Waals surface area contributed by atoms with Gasteiger partial charge in [-0.3, -0.25) is 57.5 Å². The van der Waals surface area contributed by atoms with E-state index in [1.807, 2.05) is 6.26 Å². The lowest BCUT2D eigenvalue weighted by atomic mass is 9.98. The number of aliphatic hydroxyl groups excluding tert-OH is 1. The molecule has 0 spiro atoms. The van der Waals surface area contributed by atoms with Crippen molar-refractivity contribution >= 4 is 82.8 Å². The highest BCUT2D eigenvalue weighted by Gasteiger charge is 2.36. The number of carbonyl (C=O) groups is 12. The molecule has 424 valence electrons. The van der Waals surface area contributed by atoms with Gasteiger partial charge in [0.25, 0.3) is 0 Å². The third-order valence-electron chi connectivity index (χ3n) is 11.5. The highest BCUT2D eigenvalue weighted by atomic mass is 32.2. The molecular formula is C51H74N10O15S. The third-order valence-corrected chi connectivity index (χ3v) is 12.2. The average molecular weight is 1100 g/mol. The maximum absolute atomic E-state index is 14.2. The number of nitrogens with two attached hydrogens (primary N) is 1. The highest BCUT2D eigenvalue weighted by molar-refractivity contribution is 7.98. The average Bonchev–Trinajstić information content (AvgIpc) is 3.36. The number of nitrogens with one attached hydrogen (secondary N) is 9. The maximum Gasteiger partial charge on any atom is 0.303 e. The summed E-state index contributed by atoms with van der Waals surface area (Å²) in [5.74, 6) is -12.0. The Balaban J connectivity index is 2.46. The summed E-state index contributed by atoms with van der Waals surface area (Å²) in [5.41, 5.74) is 6.24. The van der Waals surface area contributed by atoms with E-state index in [4.69, 9.17) is 5.73 Å². The van der Waals surface area contributed by atoms with Gasteiger partial charge in [-0.25, -0.2) is 0 Å². The SMILES string of the molecule is CSCC[C@H](NC(C)=O)C(=O)N[C@@H](Cc1ccccc1)C(=O)N[C@H](C(=O)N[C@@H](CC(C)C)C(=O)N[C@@H](CCC(=O)O)C(=O)N[C@@H](CCC(=O)O)C(=O)N[C@@H](Cc1ccccc1)C(=O)N[C@@H](CO)C(=O)NCC(N)=O)C(C)C. The van der Waals surface area contributed by atoms with Crippen molar-refractivity contribution in [2.45, 2.75) is 134 Å². The van der Waals surface area contributed by atoms with Crippen LogP contribution in [0.25, 0.3) is 0 Å². The van der Waals surface area contributed by atoms with Gasteiger partial charge in [0, 0.05) is 32.6 Å². The van der Waals surface area contributed by atoms with Crippen LogP contribution in [-0.4, -0.2) is 160 Å². The van der Waals surface area contributed by atoms with Crippen LogP contribution in [0, 0.1) is 11.8 Å². The Labute approximate surface area is 450 Å². The summed E-state index contributed by atoms with van der Waals surface area (Å²) in [6.45, 7) is 6.40. The molecule has 0 aromatic heterocycles. The number of carboxylic acids is 2. The van der Waals surface area contributed by atoms with Crippen LogP contribution < -0.4 is 53.6 Å². The molecule has 0 saturated heterocycles. The van der Waals surface area contributed by atoms with Crippen LogP contribution in [0.2, 0.25) is 0 Å². The van der Waals surface area contributed by atoms with Crippen molar-refractivity contribution in [1.82, 2.24) is 47.9 Å². The van der Waals surface area contributed by atoms with Gasteiger partial charge in [-0.05, 0) is 60.7 Å².